The molecule has 0 aliphatic heterocycles. The number of benzene rings is 2. The lowest BCUT2D eigenvalue weighted by Crippen LogP contribution is -2.12. The summed E-state index contributed by atoms with van der Waals surface area (Å²) in [6.07, 6.45) is 5.46. The molecule has 4 aromatic rings. The fraction of sp³-hybridized carbons (Fsp3) is 0.0556. The Labute approximate surface area is 173 Å². The first-order valence-corrected chi connectivity index (χ1v) is 10.2. The van der Waals surface area contributed by atoms with Crippen molar-refractivity contribution in [1.82, 2.24) is 30.0 Å². The number of carbonyl (C=O) groups is 1. The number of tetrazole rings is 1. The highest BCUT2D eigenvalue weighted by atomic mass is 79.9. The Bertz CT molecular complexity index is 1120. The lowest BCUT2D eigenvalue weighted by molar-refractivity contribution is 0.102. The number of hydrogen-bond acceptors (Lipinski definition) is 6. The first-order chi connectivity index (χ1) is 13.6. The van der Waals surface area contributed by atoms with E-state index in [1.54, 1.807) is 27.7 Å². The molecule has 0 bridgehead atoms. The molecule has 8 nitrogen and oxygen atoms in total. The van der Waals surface area contributed by atoms with Crippen molar-refractivity contribution in [3.05, 3.63) is 71.0 Å². The van der Waals surface area contributed by atoms with Crippen LogP contribution in [-0.2, 0) is 0 Å². The van der Waals surface area contributed by atoms with Crippen molar-refractivity contribution in [2.24, 2.45) is 0 Å². The van der Waals surface area contributed by atoms with Crippen molar-refractivity contribution < 1.29 is 4.79 Å². The summed E-state index contributed by atoms with van der Waals surface area (Å²) in [6, 6.07) is 14.6. The molecule has 0 atom stereocenters. The summed E-state index contributed by atoms with van der Waals surface area (Å²) in [6.45, 7) is 0. The molecule has 2 aromatic carbocycles. The maximum atomic E-state index is 12.6. The molecule has 1 N–H and O–H groups in total. The fourth-order valence-corrected chi connectivity index (χ4v) is 3.31. The zero-order chi connectivity index (χ0) is 19.5. The summed E-state index contributed by atoms with van der Waals surface area (Å²) < 4.78 is 4.24. The van der Waals surface area contributed by atoms with Gasteiger partial charge in [-0.2, -0.15) is 9.78 Å². The van der Waals surface area contributed by atoms with E-state index in [0.717, 1.165) is 15.8 Å². The smallest absolute Gasteiger partial charge is 0.255 e. The Morgan fingerprint density at radius 1 is 1.14 bits per heavy atom. The standard InChI is InChI=1S/C18H14BrN7OS/c1-28-18-22-23-24-26(18)16-4-2-3-14(9-16)21-17(27)12-5-7-15(8-6-12)25-11-13(19)10-20-25/h2-11H,1H3,(H,21,27). The predicted molar refractivity (Wildman–Crippen MR) is 110 cm³/mol. The van der Waals surface area contributed by atoms with Crippen molar-refractivity contribution in [1.29, 1.82) is 0 Å². The van der Waals surface area contributed by atoms with Crippen LogP contribution in [0.3, 0.4) is 0 Å². The highest BCUT2D eigenvalue weighted by Crippen LogP contribution is 2.20. The molecule has 0 aliphatic carbocycles. The Hall–Kier alpha value is -2.98. The van der Waals surface area contributed by atoms with Gasteiger partial charge in [0.1, 0.15) is 0 Å². The quantitative estimate of drug-likeness (QED) is 0.462. The molecule has 2 heterocycles. The average molecular weight is 456 g/mol. The third kappa shape index (κ3) is 3.82. The number of rotatable bonds is 5. The summed E-state index contributed by atoms with van der Waals surface area (Å²) in [5.74, 6) is -0.202. The Morgan fingerprint density at radius 2 is 1.96 bits per heavy atom. The van der Waals surface area contributed by atoms with E-state index in [-0.39, 0.29) is 5.91 Å². The minimum Gasteiger partial charge on any atom is -0.322 e. The van der Waals surface area contributed by atoms with Crippen LogP contribution in [-0.4, -0.2) is 42.2 Å². The van der Waals surface area contributed by atoms with Crippen molar-refractivity contribution in [2.75, 3.05) is 11.6 Å². The minimum absolute atomic E-state index is 0.202. The maximum absolute atomic E-state index is 12.6. The van der Waals surface area contributed by atoms with Crippen LogP contribution in [0.2, 0.25) is 0 Å². The van der Waals surface area contributed by atoms with Crippen LogP contribution in [0.5, 0.6) is 0 Å². The SMILES string of the molecule is CSc1nnnn1-c1cccc(NC(=O)c2ccc(-n3cc(Br)cn3)cc2)c1. The first-order valence-electron chi connectivity index (χ1n) is 8.19. The number of nitrogens with one attached hydrogen (secondary N) is 1. The van der Waals surface area contributed by atoms with E-state index in [4.69, 9.17) is 0 Å². The molecule has 140 valence electrons. The van der Waals surface area contributed by atoms with E-state index < -0.39 is 0 Å². The first kappa shape index (κ1) is 18.4. The second-order valence-electron chi connectivity index (χ2n) is 5.73. The van der Waals surface area contributed by atoms with E-state index in [0.29, 0.717) is 16.4 Å². The van der Waals surface area contributed by atoms with Gasteiger partial charge in [-0.1, -0.05) is 17.8 Å². The van der Waals surface area contributed by atoms with E-state index in [1.807, 2.05) is 48.9 Å². The Morgan fingerprint density at radius 3 is 2.68 bits per heavy atom. The number of nitrogens with zero attached hydrogens (tertiary/aromatic N) is 6. The van der Waals surface area contributed by atoms with Gasteiger partial charge in [0.25, 0.3) is 5.91 Å². The van der Waals surface area contributed by atoms with E-state index in [1.165, 1.54) is 11.8 Å². The third-order valence-corrected chi connectivity index (χ3v) is 4.95. The molecule has 2 aromatic heterocycles. The van der Waals surface area contributed by atoms with Crippen LogP contribution in [0.4, 0.5) is 5.69 Å². The number of hydrogen-bond donors (Lipinski definition) is 1. The van der Waals surface area contributed by atoms with E-state index in [9.17, 15) is 4.79 Å². The number of aromatic nitrogens is 6. The van der Waals surface area contributed by atoms with Gasteiger partial charge in [0, 0.05) is 17.4 Å². The maximum Gasteiger partial charge on any atom is 0.255 e. The van der Waals surface area contributed by atoms with Gasteiger partial charge in [-0.25, -0.2) is 4.68 Å². The molecule has 0 fully saturated rings. The third-order valence-electron chi connectivity index (χ3n) is 3.92. The highest BCUT2D eigenvalue weighted by molar-refractivity contribution is 9.10. The zero-order valence-electron chi connectivity index (χ0n) is 14.7. The fourth-order valence-electron chi connectivity index (χ4n) is 2.59. The Balaban J connectivity index is 1.51. The van der Waals surface area contributed by atoms with Crippen molar-refractivity contribution in [2.45, 2.75) is 5.16 Å². The van der Waals surface area contributed by atoms with Gasteiger partial charge in [-0.3, -0.25) is 4.79 Å². The molecule has 0 aliphatic rings. The molecule has 0 saturated carbocycles. The largest absolute Gasteiger partial charge is 0.322 e. The summed E-state index contributed by atoms with van der Waals surface area (Å²) in [4.78, 5) is 12.6. The highest BCUT2D eigenvalue weighted by Gasteiger charge is 2.10. The number of anilines is 1. The molecular weight excluding hydrogens is 442 g/mol. The van der Waals surface area contributed by atoms with E-state index in [2.05, 4.69) is 41.9 Å². The van der Waals surface area contributed by atoms with E-state index >= 15 is 0 Å². The van der Waals surface area contributed by atoms with Gasteiger partial charge in [-0.05, 0) is 75.1 Å². The molecule has 1 amide bonds. The second kappa shape index (κ2) is 7.95. The number of thioether (sulfide) groups is 1. The van der Waals surface area contributed by atoms with Crippen LogP contribution >= 0.6 is 27.7 Å². The summed E-state index contributed by atoms with van der Waals surface area (Å²) in [7, 11) is 0. The summed E-state index contributed by atoms with van der Waals surface area (Å²) in [5, 5.41) is 19.4. The number of carbonyl (C=O) groups excluding carboxylic acids is 1. The molecule has 0 unspecified atom stereocenters. The number of amides is 1. The lowest BCUT2D eigenvalue weighted by Gasteiger charge is -2.09. The molecule has 0 radical (unpaired) electrons. The van der Waals surface area contributed by atoms with Crippen LogP contribution in [0.1, 0.15) is 10.4 Å². The number of halogens is 1. The van der Waals surface area contributed by atoms with Gasteiger partial charge in [-0.15, -0.1) is 5.10 Å². The Kier molecular flexibility index (Phi) is 5.22. The van der Waals surface area contributed by atoms with Gasteiger partial charge < -0.3 is 5.32 Å². The normalized spacial score (nSPS) is 10.8. The summed E-state index contributed by atoms with van der Waals surface area (Å²) >= 11 is 4.81. The van der Waals surface area contributed by atoms with Gasteiger partial charge >= 0.3 is 0 Å². The summed E-state index contributed by atoms with van der Waals surface area (Å²) in [5.41, 5.74) is 2.84. The molecule has 10 heteroatoms. The second-order valence-corrected chi connectivity index (χ2v) is 7.42. The lowest BCUT2D eigenvalue weighted by atomic mass is 10.2. The predicted octanol–water partition coefficient (Wildman–Crippen LogP) is 3.58. The molecule has 28 heavy (non-hydrogen) atoms. The van der Waals surface area contributed by atoms with Crippen LogP contribution in [0.15, 0.2) is 70.6 Å². The monoisotopic (exact) mass is 455 g/mol. The van der Waals surface area contributed by atoms with Gasteiger partial charge in [0.05, 0.1) is 22.0 Å². The van der Waals surface area contributed by atoms with Crippen molar-refractivity contribution in [3.8, 4) is 11.4 Å². The molecule has 0 spiro atoms. The van der Waals surface area contributed by atoms with Crippen LogP contribution in [0, 0.1) is 0 Å². The molecular formula is C18H14BrN7OS. The van der Waals surface area contributed by atoms with Gasteiger partial charge in [0.15, 0.2) is 0 Å². The van der Waals surface area contributed by atoms with Gasteiger partial charge in [0.2, 0.25) is 5.16 Å². The van der Waals surface area contributed by atoms with Crippen molar-refractivity contribution >= 4 is 39.3 Å². The topological polar surface area (TPSA) is 90.5 Å². The van der Waals surface area contributed by atoms with Crippen LogP contribution in [0.25, 0.3) is 11.4 Å². The minimum atomic E-state index is -0.202. The van der Waals surface area contributed by atoms with Crippen LogP contribution < -0.4 is 5.32 Å². The molecule has 0 saturated heterocycles. The zero-order valence-corrected chi connectivity index (χ0v) is 17.1. The molecule has 4 rings (SSSR count). The van der Waals surface area contributed by atoms with Crippen molar-refractivity contribution in [3.63, 3.8) is 0 Å². The average Bonchev–Trinajstić information content (AvgIpc) is 3.37.